The van der Waals surface area contributed by atoms with Crippen LogP contribution in [0.1, 0.15) is 31.8 Å². The van der Waals surface area contributed by atoms with Crippen LogP contribution < -0.4 is 9.47 Å². The Labute approximate surface area is 152 Å². The van der Waals surface area contributed by atoms with Crippen molar-refractivity contribution in [1.29, 1.82) is 0 Å². The van der Waals surface area contributed by atoms with Crippen LogP contribution in [0, 0.1) is 0 Å². The van der Waals surface area contributed by atoms with Gasteiger partial charge in [-0.05, 0) is 65.7 Å². The molecule has 0 unspecified atom stereocenters. The van der Waals surface area contributed by atoms with Gasteiger partial charge < -0.3 is 9.47 Å². The lowest BCUT2D eigenvalue weighted by Crippen LogP contribution is -1.99. The first-order valence-corrected chi connectivity index (χ1v) is 8.21. The maximum Gasteiger partial charge on any atom is 0.150 e. The number of hydrogen-bond donors (Lipinski definition) is 0. The molecule has 0 amide bonds. The number of hydrogen-bond acceptors (Lipinski definition) is 4. The maximum absolute atomic E-state index is 10.7. The summed E-state index contributed by atoms with van der Waals surface area (Å²) in [5, 5.41) is 0. The van der Waals surface area contributed by atoms with Crippen molar-refractivity contribution in [3.8, 4) is 11.5 Å². The third kappa shape index (κ3) is 4.80. The van der Waals surface area contributed by atoms with E-state index in [-0.39, 0.29) is 0 Å². The van der Waals surface area contributed by atoms with E-state index >= 15 is 0 Å². The van der Waals surface area contributed by atoms with Crippen molar-refractivity contribution < 1.29 is 19.1 Å². The zero-order valence-electron chi connectivity index (χ0n) is 14.1. The van der Waals surface area contributed by atoms with E-state index in [1.54, 1.807) is 48.5 Å². The Morgan fingerprint density at radius 2 is 1.04 bits per heavy atom. The summed E-state index contributed by atoms with van der Waals surface area (Å²) in [6, 6.07) is 22.0. The van der Waals surface area contributed by atoms with E-state index in [2.05, 4.69) is 0 Å². The first kappa shape index (κ1) is 17.4. The summed E-state index contributed by atoms with van der Waals surface area (Å²) in [6.45, 7) is 0.866. The van der Waals surface area contributed by atoms with Gasteiger partial charge in [0.25, 0.3) is 0 Å². The molecule has 4 nitrogen and oxygen atoms in total. The van der Waals surface area contributed by atoms with Crippen LogP contribution in [0.4, 0.5) is 0 Å². The van der Waals surface area contributed by atoms with E-state index < -0.39 is 0 Å². The molecule has 26 heavy (non-hydrogen) atoms. The molecular formula is C22H18O4. The van der Waals surface area contributed by atoms with Gasteiger partial charge in [-0.2, -0.15) is 0 Å². The van der Waals surface area contributed by atoms with Crippen molar-refractivity contribution in [2.75, 3.05) is 0 Å². The van der Waals surface area contributed by atoms with Crippen LogP contribution in [-0.4, -0.2) is 12.6 Å². The lowest BCUT2D eigenvalue weighted by Gasteiger charge is -2.09. The third-order valence-corrected chi connectivity index (χ3v) is 3.83. The molecule has 0 fully saturated rings. The molecule has 3 aromatic rings. The second kappa shape index (κ2) is 8.62. The van der Waals surface area contributed by atoms with Crippen LogP contribution in [0.3, 0.4) is 0 Å². The van der Waals surface area contributed by atoms with E-state index in [1.807, 2.05) is 24.3 Å². The number of ether oxygens (including phenoxy) is 2. The highest BCUT2D eigenvalue weighted by atomic mass is 16.5. The molecule has 0 bridgehead atoms. The Bertz CT molecular complexity index is 797. The molecule has 0 spiro atoms. The largest absolute Gasteiger partial charge is 0.489 e. The number of aldehydes is 2. The Morgan fingerprint density at radius 3 is 1.42 bits per heavy atom. The summed E-state index contributed by atoms with van der Waals surface area (Å²) in [5.41, 5.74) is 3.30. The molecule has 4 heteroatoms. The molecule has 0 aliphatic rings. The van der Waals surface area contributed by atoms with Crippen molar-refractivity contribution in [3.63, 3.8) is 0 Å². The number of rotatable bonds is 8. The second-order valence-electron chi connectivity index (χ2n) is 5.77. The minimum absolute atomic E-state index is 0.433. The first-order valence-electron chi connectivity index (χ1n) is 8.21. The second-order valence-corrected chi connectivity index (χ2v) is 5.77. The van der Waals surface area contributed by atoms with Gasteiger partial charge in [0.05, 0.1) is 0 Å². The molecular weight excluding hydrogens is 328 g/mol. The minimum Gasteiger partial charge on any atom is -0.489 e. The molecule has 130 valence electrons. The number of carbonyl (C=O) groups excluding carboxylic acids is 2. The fourth-order valence-corrected chi connectivity index (χ4v) is 2.43. The molecule has 0 radical (unpaired) electrons. The van der Waals surface area contributed by atoms with Crippen LogP contribution in [0.2, 0.25) is 0 Å². The molecule has 0 aliphatic carbocycles. The van der Waals surface area contributed by atoms with Crippen molar-refractivity contribution >= 4 is 12.6 Å². The van der Waals surface area contributed by atoms with E-state index in [0.29, 0.717) is 35.8 Å². The van der Waals surface area contributed by atoms with Crippen LogP contribution in [0.5, 0.6) is 11.5 Å². The van der Waals surface area contributed by atoms with Gasteiger partial charge in [-0.3, -0.25) is 9.59 Å². The molecule has 0 atom stereocenters. The highest BCUT2D eigenvalue weighted by Gasteiger charge is 2.01. The quantitative estimate of drug-likeness (QED) is 0.565. The Kier molecular flexibility index (Phi) is 5.78. The molecule has 3 aromatic carbocycles. The van der Waals surface area contributed by atoms with Crippen molar-refractivity contribution in [1.82, 2.24) is 0 Å². The summed E-state index contributed by atoms with van der Waals surface area (Å²) < 4.78 is 11.5. The van der Waals surface area contributed by atoms with E-state index in [1.165, 1.54) is 0 Å². The molecule has 0 N–H and O–H groups in total. The number of carbonyl (C=O) groups is 2. The topological polar surface area (TPSA) is 52.6 Å². The summed E-state index contributed by atoms with van der Waals surface area (Å²) in [6.07, 6.45) is 1.61. The lowest BCUT2D eigenvalue weighted by molar-refractivity contribution is 0.111. The molecule has 0 heterocycles. The third-order valence-electron chi connectivity index (χ3n) is 3.83. The van der Waals surface area contributed by atoms with Crippen molar-refractivity contribution in [2.45, 2.75) is 13.2 Å². The molecule has 0 saturated carbocycles. The van der Waals surface area contributed by atoms with Gasteiger partial charge >= 0.3 is 0 Å². The highest BCUT2D eigenvalue weighted by molar-refractivity contribution is 5.75. The Morgan fingerprint density at radius 1 is 0.615 bits per heavy atom. The van der Waals surface area contributed by atoms with Gasteiger partial charge in [-0.15, -0.1) is 0 Å². The molecule has 3 rings (SSSR count). The average Bonchev–Trinajstić information content (AvgIpc) is 2.72. The summed E-state index contributed by atoms with van der Waals surface area (Å²) in [5.74, 6) is 1.43. The van der Waals surface area contributed by atoms with Gasteiger partial charge in [0, 0.05) is 11.1 Å². The van der Waals surface area contributed by atoms with Crippen LogP contribution in [-0.2, 0) is 13.2 Å². The van der Waals surface area contributed by atoms with Crippen molar-refractivity contribution in [3.05, 3.63) is 95.1 Å². The van der Waals surface area contributed by atoms with Gasteiger partial charge in [-0.1, -0.05) is 18.2 Å². The smallest absolute Gasteiger partial charge is 0.150 e. The monoisotopic (exact) mass is 346 g/mol. The number of benzene rings is 3. The molecule has 0 saturated heterocycles. The van der Waals surface area contributed by atoms with E-state index in [0.717, 1.165) is 23.7 Å². The fraction of sp³-hybridized carbons (Fsp3) is 0.0909. The first-order chi connectivity index (χ1) is 12.8. The summed E-state index contributed by atoms with van der Waals surface area (Å²) in [7, 11) is 0. The highest BCUT2D eigenvalue weighted by Crippen LogP contribution is 2.16. The maximum atomic E-state index is 10.7. The lowest BCUT2D eigenvalue weighted by atomic mass is 10.1. The molecule has 0 aromatic heterocycles. The summed E-state index contributed by atoms with van der Waals surface area (Å²) >= 11 is 0. The predicted octanol–water partition coefficient (Wildman–Crippen LogP) is 4.47. The van der Waals surface area contributed by atoms with Crippen molar-refractivity contribution in [2.24, 2.45) is 0 Å². The fourth-order valence-electron chi connectivity index (χ4n) is 2.43. The Balaban J connectivity index is 1.56. The summed E-state index contributed by atoms with van der Waals surface area (Å²) in [4.78, 5) is 21.3. The van der Waals surface area contributed by atoms with Crippen LogP contribution in [0.15, 0.2) is 72.8 Å². The Hall–Kier alpha value is -3.40. The zero-order valence-corrected chi connectivity index (χ0v) is 14.1. The van der Waals surface area contributed by atoms with Gasteiger partial charge in [0.1, 0.15) is 37.3 Å². The normalized spacial score (nSPS) is 10.2. The molecule has 0 aliphatic heterocycles. The van der Waals surface area contributed by atoms with Crippen LogP contribution in [0.25, 0.3) is 0 Å². The van der Waals surface area contributed by atoms with E-state index in [4.69, 9.17) is 9.47 Å². The standard InChI is InChI=1S/C22H18O4/c23-13-17-4-8-21(9-5-17)25-15-19-2-1-3-20(12-19)16-26-22-10-6-18(14-24)7-11-22/h1-14H,15-16H2. The van der Waals surface area contributed by atoms with Gasteiger partial charge in [0.2, 0.25) is 0 Å². The zero-order chi connectivity index (χ0) is 18.2. The van der Waals surface area contributed by atoms with Gasteiger partial charge in [0.15, 0.2) is 0 Å². The minimum atomic E-state index is 0.433. The van der Waals surface area contributed by atoms with Gasteiger partial charge in [-0.25, -0.2) is 0 Å². The van der Waals surface area contributed by atoms with Crippen LogP contribution >= 0.6 is 0 Å². The van der Waals surface area contributed by atoms with E-state index in [9.17, 15) is 9.59 Å². The SMILES string of the molecule is O=Cc1ccc(OCc2cccc(COc3ccc(C=O)cc3)c2)cc1. The predicted molar refractivity (Wildman–Crippen MR) is 98.8 cm³/mol. The average molecular weight is 346 g/mol.